The molecule has 0 saturated heterocycles. The molecule has 2 heterocycles. The van der Waals surface area contributed by atoms with Crippen molar-refractivity contribution in [1.29, 1.82) is 0 Å². The molecular formula is C15H11ClN2O. The van der Waals surface area contributed by atoms with Gasteiger partial charge in [-0.15, -0.1) is 0 Å². The molecule has 1 aromatic carbocycles. The Morgan fingerprint density at radius 1 is 1.21 bits per heavy atom. The summed E-state index contributed by atoms with van der Waals surface area (Å²) in [6.07, 6.45) is 4.39. The molecule has 2 aromatic heterocycles. The van der Waals surface area contributed by atoms with Crippen molar-refractivity contribution < 1.29 is 4.79 Å². The quantitative estimate of drug-likeness (QED) is 0.682. The van der Waals surface area contributed by atoms with Crippen molar-refractivity contribution in [2.75, 3.05) is 0 Å². The Bertz CT molecular complexity index is 749. The fourth-order valence-electron chi connectivity index (χ4n) is 2.17. The molecule has 0 bridgehead atoms. The van der Waals surface area contributed by atoms with Crippen LogP contribution in [0.2, 0.25) is 5.02 Å². The van der Waals surface area contributed by atoms with E-state index in [1.54, 1.807) is 6.20 Å². The number of aldehydes is 1. The zero-order valence-electron chi connectivity index (χ0n) is 10.1. The van der Waals surface area contributed by atoms with Crippen LogP contribution in [0.1, 0.15) is 15.9 Å². The fraction of sp³-hybridized carbons (Fsp3) is 0.0667. The maximum absolute atomic E-state index is 11.1. The Morgan fingerprint density at radius 3 is 2.84 bits per heavy atom. The zero-order chi connectivity index (χ0) is 13.2. The Kier molecular flexibility index (Phi) is 3.05. The van der Waals surface area contributed by atoms with Gasteiger partial charge in [0.15, 0.2) is 6.29 Å². The van der Waals surface area contributed by atoms with Crippen LogP contribution in [0.4, 0.5) is 0 Å². The number of benzene rings is 1. The molecule has 0 atom stereocenters. The highest BCUT2D eigenvalue weighted by Gasteiger charge is 2.09. The first-order valence-electron chi connectivity index (χ1n) is 5.92. The van der Waals surface area contributed by atoms with E-state index in [4.69, 9.17) is 11.6 Å². The van der Waals surface area contributed by atoms with Crippen LogP contribution >= 0.6 is 11.6 Å². The number of pyridine rings is 1. The number of nitrogens with zero attached hydrogens (tertiary/aromatic N) is 2. The summed E-state index contributed by atoms with van der Waals surface area (Å²) < 4.78 is 1.94. The molecule has 0 aliphatic carbocycles. The molecule has 94 valence electrons. The van der Waals surface area contributed by atoms with Gasteiger partial charge in [-0.25, -0.2) is 4.98 Å². The molecule has 0 aliphatic heterocycles. The van der Waals surface area contributed by atoms with Gasteiger partial charge in [0.05, 0.1) is 6.54 Å². The first kappa shape index (κ1) is 11.9. The Labute approximate surface area is 115 Å². The maximum Gasteiger partial charge on any atom is 0.152 e. The van der Waals surface area contributed by atoms with Gasteiger partial charge in [-0.1, -0.05) is 29.8 Å². The number of fused-ring (bicyclic) bond motifs is 1. The van der Waals surface area contributed by atoms with Gasteiger partial charge in [-0.2, -0.15) is 0 Å². The molecule has 0 amide bonds. The summed E-state index contributed by atoms with van der Waals surface area (Å²) in [6, 6.07) is 11.4. The van der Waals surface area contributed by atoms with Crippen LogP contribution in [0.3, 0.4) is 0 Å². The van der Waals surface area contributed by atoms with Crippen LogP contribution in [0.5, 0.6) is 0 Å². The smallest absolute Gasteiger partial charge is 0.152 e. The van der Waals surface area contributed by atoms with Crippen molar-refractivity contribution >= 4 is 28.9 Å². The molecule has 0 aliphatic rings. The number of rotatable bonds is 3. The van der Waals surface area contributed by atoms with Gasteiger partial charge in [0.2, 0.25) is 0 Å². The van der Waals surface area contributed by atoms with Gasteiger partial charge < -0.3 is 4.57 Å². The normalized spacial score (nSPS) is 10.8. The molecule has 0 spiro atoms. The number of hydrogen-bond donors (Lipinski definition) is 0. The highest BCUT2D eigenvalue weighted by molar-refractivity contribution is 6.31. The van der Waals surface area contributed by atoms with Crippen molar-refractivity contribution in [3.05, 3.63) is 64.9 Å². The summed E-state index contributed by atoms with van der Waals surface area (Å²) in [7, 11) is 0. The lowest BCUT2D eigenvalue weighted by Gasteiger charge is -2.06. The van der Waals surface area contributed by atoms with Crippen molar-refractivity contribution in [3.8, 4) is 0 Å². The van der Waals surface area contributed by atoms with Gasteiger partial charge in [0, 0.05) is 28.4 Å². The van der Waals surface area contributed by atoms with E-state index in [-0.39, 0.29) is 0 Å². The number of carbonyl (C=O) groups is 1. The van der Waals surface area contributed by atoms with Crippen LogP contribution in [0.15, 0.2) is 48.8 Å². The molecule has 0 unspecified atom stereocenters. The molecule has 0 N–H and O–H groups in total. The van der Waals surface area contributed by atoms with Gasteiger partial charge in [-0.3, -0.25) is 4.79 Å². The van der Waals surface area contributed by atoms with Gasteiger partial charge in [0.1, 0.15) is 5.65 Å². The van der Waals surface area contributed by atoms with Crippen LogP contribution in [-0.4, -0.2) is 15.8 Å². The molecule has 0 fully saturated rings. The lowest BCUT2D eigenvalue weighted by Crippen LogP contribution is -1.99. The SMILES string of the molecule is O=Cc1cn(Cc2ccccc2Cl)c2ncccc12. The van der Waals surface area contributed by atoms with E-state index in [1.807, 2.05) is 47.2 Å². The van der Waals surface area contributed by atoms with Crippen molar-refractivity contribution in [2.45, 2.75) is 6.54 Å². The second kappa shape index (κ2) is 4.86. The maximum atomic E-state index is 11.1. The number of halogens is 1. The monoisotopic (exact) mass is 270 g/mol. The van der Waals surface area contributed by atoms with E-state index in [0.717, 1.165) is 22.9 Å². The molecule has 0 saturated carbocycles. The zero-order valence-corrected chi connectivity index (χ0v) is 10.8. The highest BCUT2D eigenvalue weighted by atomic mass is 35.5. The molecular weight excluding hydrogens is 260 g/mol. The Balaban J connectivity index is 2.11. The summed E-state index contributed by atoms with van der Waals surface area (Å²) in [4.78, 5) is 15.4. The molecule has 19 heavy (non-hydrogen) atoms. The summed E-state index contributed by atoms with van der Waals surface area (Å²) >= 11 is 6.16. The molecule has 3 nitrogen and oxygen atoms in total. The minimum Gasteiger partial charge on any atom is -0.327 e. The molecule has 0 radical (unpaired) electrons. The average molecular weight is 271 g/mol. The summed E-state index contributed by atoms with van der Waals surface area (Å²) in [5, 5.41) is 1.58. The summed E-state index contributed by atoms with van der Waals surface area (Å²) in [5.41, 5.74) is 2.45. The van der Waals surface area contributed by atoms with Gasteiger partial charge >= 0.3 is 0 Å². The summed E-state index contributed by atoms with van der Waals surface area (Å²) in [5.74, 6) is 0. The second-order valence-corrected chi connectivity index (χ2v) is 4.70. The van der Waals surface area contributed by atoms with Crippen molar-refractivity contribution in [1.82, 2.24) is 9.55 Å². The van der Waals surface area contributed by atoms with E-state index in [2.05, 4.69) is 4.98 Å². The lowest BCUT2D eigenvalue weighted by atomic mass is 10.2. The van der Waals surface area contributed by atoms with E-state index >= 15 is 0 Å². The fourth-order valence-corrected chi connectivity index (χ4v) is 2.37. The van der Waals surface area contributed by atoms with Crippen LogP contribution in [0, 0.1) is 0 Å². The van der Waals surface area contributed by atoms with Gasteiger partial charge in [-0.05, 0) is 23.8 Å². The Morgan fingerprint density at radius 2 is 2.05 bits per heavy atom. The minimum atomic E-state index is 0.598. The third-order valence-electron chi connectivity index (χ3n) is 3.09. The van der Waals surface area contributed by atoms with Crippen molar-refractivity contribution in [3.63, 3.8) is 0 Å². The van der Waals surface area contributed by atoms with E-state index < -0.39 is 0 Å². The third kappa shape index (κ3) is 2.13. The minimum absolute atomic E-state index is 0.598. The molecule has 3 rings (SSSR count). The van der Waals surface area contributed by atoms with Crippen molar-refractivity contribution in [2.24, 2.45) is 0 Å². The van der Waals surface area contributed by atoms with E-state index in [0.29, 0.717) is 17.1 Å². The second-order valence-electron chi connectivity index (χ2n) is 4.30. The predicted molar refractivity (Wildman–Crippen MR) is 75.7 cm³/mol. The Hall–Kier alpha value is -2.13. The molecule has 4 heteroatoms. The number of hydrogen-bond acceptors (Lipinski definition) is 2. The van der Waals surface area contributed by atoms with Crippen LogP contribution in [-0.2, 0) is 6.54 Å². The average Bonchev–Trinajstić information content (AvgIpc) is 2.80. The van der Waals surface area contributed by atoms with E-state index in [9.17, 15) is 4.79 Å². The van der Waals surface area contributed by atoms with E-state index in [1.165, 1.54) is 0 Å². The van der Waals surface area contributed by atoms with Crippen LogP contribution < -0.4 is 0 Å². The number of aromatic nitrogens is 2. The number of carbonyl (C=O) groups excluding carboxylic acids is 1. The third-order valence-corrected chi connectivity index (χ3v) is 3.46. The van der Waals surface area contributed by atoms with Gasteiger partial charge in [0.25, 0.3) is 0 Å². The highest BCUT2D eigenvalue weighted by Crippen LogP contribution is 2.22. The standard InChI is InChI=1S/C15H11ClN2O/c16-14-6-2-1-4-11(14)8-18-9-12(10-19)13-5-3-7-17-15(13)18/h1-7,9-10H,8H2. The predicted octanol–water partition coefficient (Wildman–Crippen LogP) is 3.55. The first-order chi connectivity index (χ1) is 9.29. The topological polar surface area (TPSA) is 34.9 Å². The summed E-state index contributed by atoms with van der Waals surface area (Å²) in [6.45, 7) is 0.598. The van der Waals surface area contributed by atoms with Crippen LogP contribution in [0.25, 0.3) is 11.0 Å². The lowest BCUT2D eigenvalue weighted by molar-refractivity contribution is 0.112. The largest absolute Gasteiger partial charge is 0.327 e. The first-order valence-corrected chi connectivity index (χ1v) is 6.30. The molecule has 3 aromatic rings.